The maximum Gasteiger partial charge on any atom is 0.0392 e. The summed E-state index contributed by atoms with van der Waals surface area (Å²) in [6.45, 7) is 5.71. The standard InChI is InChI=1S/C13H15N/c1-4-8-13(11(2)14-3)12-9-6-5-7-10-12/h4-10H,1H2,2-3H3/b13-8+,14-11-. The highest BCUT2D eigenvalue weighted by Crippen LogP contribution is 2.15. The van der Waals surface area contributed by atoms with E-state index >= 15 is 0 Å². The molecule has 0 fully saturated rings. The Labute approximate surface area is 85.5 Å². The van der Waals surface area contributed by atoms with E-state index in [0.717, 1.165) is 11.3 Å². The van der Waals surface area contributed by atoms with Gasteiger partial charge < -0.3 is 0 Å². The van der Waals surface area contributed by atoms with Crippen molar-refractivity contribution >= 4 is 11.3 Å². The predicted molar refractivity (Wildman–Crippen MR) is 63.6 cm³/mol. The van der Waals surface area contributed by atoms with Crippen molar-refractivity contribution in [3.8, 4) is 0 Å². The Morgan fingerprint density at radius 2 is 1.93 bits per heavy atom. The Hall–Kier alpha value is -1.63. The van der Waals surface area contributed by atoms with Crippen molar-refractivity contribution in [2.45, 2.75) is 6.92 Å². The highest BCUT2D eigenvalue weighted by molar-refractivity contribution is 6.22. The second-order valence-electron chi connectivity index (χ2n) is 2.99. The van der Waals surface area contributed by atoms with Crippen LogP contribution in [0.15, 0.2) is 54.1 Å². The largest absolute Gasteiger partial charge is 0.293 e. The van der Waals surface area contributed by atoms with Crippen molar-refractivity contribution < 1.29 is 0 Å². The zero-order valence-electron chi connectivity index (χ0n) is 8.70. The quantitative estimate of drug-likeness (QED) is 0.506. The predicted octanol–water partition coefficient (Wildman–Crippen LogP) is 3.35. The first kappa shape index (κ1) is 10.5. The minimum atomic E-state index is 1.02. The van der Waals surface area contributed by atoms with Crippen molar-refractivity contribution in [2.24, 2.45) is 4.99 Å². The number of nitrogens with zero attached hydrogens (tertiary/aromatic N) is 1. The van der Waals surface area contributed by atoms with E-state index < -0.39 is 0 Å². The fourth-order valence-electron chi connectivity index (χ4n) is 1.28. The third-order valence-corrected chi connectivity index (χ3v) is 2.09. The summed E-state index contributed by atoms with van der Waals surface area (Å²) in [5, 5.41) is 0. The summed E-state index contributed by atoms with van der Waals surface area (Å²) in [5.74, 6) is 0. The minimum Gasteiger partial charge on any atom is -0.293 e. The van der Waals surface area contributed by atoms with Gasteiger partial charge in [-0.2, -0.15) is 0 Å². The number of allylic oxidation sites excluding steroid dienone is 3. The molecule has 0 N–H and O–H groups in total. The van der Waals surface area contributed by atoms with Gasteiger partial charge in [-0.15, -0.1) is 0 Å². The Balaban J connectivity index is 3.14. The SMILES string of the molecule is C=C/C=C(\C(C)=N/C)c1ccccc1. The molecule has 14 heavy (non-hydrogen) atoms. The molecule has 0 aliphatic carbocycles. The normalized spacial score (nSPS) is 12.7. The lowest BCUT2D eigenvalue weighted by atomic mass is 10.0. The number of aliphatic imine (C=N–C) groups is 1. The van der Waals surface area contributed by atoms with Crippen LogP contribution in [0.4, 0.5) is 0 Å². The number of benzene rings is 1. The molecule has 1 rings (SSSR count). The van der Waals surface area contributed by atoms with E-state index in [9.17, 15) is 0 Å². The van der Waals surface area contributed by atoms with Gasteiger partial charge in [0.2, 0.25) is 0 Å². The first-order valence-electron chi connectivity index (χ1n) is 4.61. The molecule has 0 saturated heterocycles. The molecule has 1 aromatic rings. The molecule has 0 amide bonds. The van der Waals surface area contributed by atoms with Crippen LogP contribution in [0.3, 0.4) is 0 Å². The van der Waals surface area contributed by atoms with Gasteiger partial charge in [-0.3, -0.25) is 4.99 Å². The molecule has 0 atom stereocenters. The first-order chi connectivity index (χ1) is 6.79. The number of rotatable bonds is 3. The van der Waals surface area contributed by atoms with Gasteiger partial charge in [0, 0.05) is 18.3 Å². The van der Waals surface area contributed by atoms with Gasteiger partial charge >= 0.3 is 0 Å². The smallest absolute Gasteiger partial charge is 0.0392 e. The summed E-state index contributed by atoms with van der Waals surface area (Å²) < 4.78 is 0. The summed E-state index contributed by atoms with van der Waals surface area (Å²) in [5.41, 5.74) is 3.33. The second kappa shape index (κ2) is 5.18. The first-order valence-corrected chi connectivity index (χ1v) is 4.61. The molecule has 0 bridgehead atoms. The Morgan fingerprint density at radius 1 is 1.29 bits per heavy atom. The van der Waals surface area contributed by atoms with Gasteiger partial charge in [-0.05, 0) is 12.5 Å². The van der Waals surface area contributed by atoms with E-state index in [4.69, 9.17) is 0 Å². The third kappa shape index (κ3) is 2.43. The molecular weight excluding hydrogens is 170 g/mol. The molecule has 0 aliphatic heterocycles. The topological polar surface area (TPSA) is 12.4 Å². The van der Waals surface area contributed by atoms with Crippen LogP contribution < -0.4 is 0 Å². The van der Waals surface area contributed by atoms with Gasteiger partial charge in [-0.1, -0.05) is 49.1 Å². The summed E-state index contributed by atoms with van der Waals surface area (Å²) >= 11 is 0. The van der Waals surface area contributed by atoms with Gasteiger partial charge in [-0.25, -0.2) is 0 Å². The zero-order valence-corrected chi connectivity index (χ0v) is 8.70. The third-order valence-electron chi connectivity index (χ3n) is 2.09. The van der Waals surface area contributed by atoms with Crippen LogP contribution in [0.2, 0.25) is 0 Å². The fraction of sp³-hybridized carbons (Fsp3) is 0.154. The maximum absolute atomic E-state index is 4.18. The van der Waals surface area contributed by atoms with Crippen molar-refractivity contribution in [2.75, 3.05) is 7.05 Å². The van der Waals surface area contributed by atoms with Gasteiger partial charge in [0.25, 0.3) is 0 Å². The zero-order chi connectivity index (χ0) is 10.4. The molecule has 0 saturated carbocycles. The van der Waals surface area contributed by atoms with Crippen LogP contribution in [0.5, 0.6) is 0 Å². The molecule has 0 unspecified atom stereocenters. The summed E-state index contributed by atoms with van der Waals surface area (Å²) in [7, 11) is 1.80. The van der Waals surface area contributed by atoms with Crippen molar-refractivity contribution in [3.05, 3.63) is 54.6 Å². The van der Waals surface area contributed by atoms with Crippen molar-refractivity contribution in [1.82, 2.24) is 0 Å². The molecule has 0 heterocycles. The van der Waals surface area contributed by atoms with Crippen LogP contribution in [0.1, 0.15) is 12.5 Å². The maximum atomic E-state index is 4.18. The van der Waals surface area contributed by atoms with Crippen molar-refractivity contribution in [3.63, 3.8) is 0 Å². The second-order valence-corrected chi connectivity index (χ2v) is 2.99. The summed E-state index contributed by atoms with van der Waals surface area (Å²) in [4.78, 5) is 4.18. The van der Waals surface area contributed by atoms with E-state index in [1.807, 2.05) is 31.2 Å². The lowest BCUT2D eigenvalue weighted by Crippen LogP contribution is -1.96. The van der Waals surface area contributed by atoms with E-state index in [1.54, 1.807) is 13.1 Å². The fourth-order valence-corrected chi connectivity index (χ4v) is 1.28. The van der Waals surface area contributed by atoms with Crippen LogP contribution in [0.25, 0.3) is 5.57 Å². The van der Waals surface area contributed by atoms with E-state index in [-0.39, 0.29) is 0 Å². The Bertz CT molecular complexity index is 358. The lowest BCUT2D eigenvalue weighted by Gasteiger charge is -2.05. The van der Waals surface area contributed by atoms with Gasteiger partial charge in [0.15, 0.2) is 0 Å². The number of hydrogen-bond acceptors (Lipinski definition) is 1. The highest BCUT2D eigenvalue weighted by atomic mass is 14.7. The van der Waals surface area contributed by atoms with E-state index in [2.05, 4.69) is 23.7 Å². The average molecular weight is 185 g/mol. The molecule has 0 aromatic heterocycles. The minimum absolute atomic E-state index is 1.02. The Morgan fingerprint density at radius 3 is 2.43 bits per heavy atom. The summed E-state index contributed by atoms with van der Waals surface area (Å²) in [6, 6.07) is 10.2. The highest BCUT2D eigenvalue weighted by Gasteiger charge is 2.01. The molecular formula is C13H15N. The van der Waals surface area contributed by atoms with Crippen LogP contribution in [-0.4, -0.2) is 12.8 Å². The molecule has 72 valence electrons. The van der Waals surface area contributed by atoms with Gasteiger partial charge in [0.05, 0.1) is 0 Å². The average Bonchev–Trinajstić information content (AvgIpc) is 2.26. The monoisotopic (exact) mass is 185 g/mol. The van der Waals surface area contributed by atoms with Gasteiger partial charge in [0.1, 0.15) is 0 Å². The Kier molecular flexibility index (Phi) is 3.86. The molecule has 1 aromatic carbocycles. The lowest BCUT2D eigenvalue weighted by molar-refractivity contribution is 1.43. The van der Waals surface area contributed by atoms with Crippen LogP contribution >= 0.6 is 0 Å². The number of hydrogen-bond donors (Lipinski definition) is 0. The summed E-state index contributed by atoms with van der Waals surface area (Å²) in [6.07, 6.45) is 3.77. The molecule has 1 heteroatoms. The molecule has 0 radical (unpaired) electrons. The molecule has 0 spiro atoms. The van der Waals surface area contributed by atoms with E-state index in [1.165, 1.54) is 5.56 Å². The van der Waals surface area contributed by atoms with Crippen LogP contribution in [-0.2, 0) is 0 Å². The molecule has 1 nitrogen and oxygen atoms in total. The molecule has 0 aliphatic rings. The van der Waals surface area contributed by atoms with Crippen LogP contribution in [0, 0.1) is 0 Å². The van der Waals surface area contributed by atoms with E-state index in [0.29, 0.717) is 0 Å². The van der Waals surface area contributed by atoms with Crippen molar-refractivity contribution in [1.29, 1.82) is 0 Å².